The molecular formula is C15H29NSiTi+. The van der Waals surface area contributed by atoms with Crippen molar-refractivity contribution in [3.05, 3.63) is 22.4 Å². The summed E-state index contributed by atoms with van der Waals surface area (Å²) in [6, 6.07) is 0.739. The van der Waals surface area contributed by atoms with Crippen LogP contribution in [-0.2, 0) is 20.7 Å². The topological polar surface area (TPSA) is 0 Å². The van der Waals surface area contributed by atoms with Gasteiger partial charge >= 0.3 is 128 Å². The van der Waals surface area contributed by atoms with Gasteiger partial charge in [0, 0.05) is 0 Å². The molecule has 1 rings (SSSR count). The van der Waals surface area contributed by atoms with Crippen molar-refractivity contribution in [2.45, 2.75) is 67.1 Å². The summed E-state index contributed by atoms with van der Waals surface area (Å²) in [5.41, 5.74) is 6.41. The number of rotatable bonds is 4. The Hall–Kier alpha value is 0.371. The summed E-state index contributed by atoms with van der Waals surface area (Å²) in [6.45, 7) is 19.1. The molecule has 0 bridgehead atoms. The minimum atomic E-state index is -0.808. The third kappa shape index (κ3) is 2.37. The van der Waals surface area contributed by atoms with Gasteiger partial charge in [-0.1, -0.05) is 0 Å². The number of nitrogens with zero attached hydrogens (tertiary/aromatic N) is 1. The number of hydrogen-bond acceptors (Lipinski definition) is 0. The van der Waals surface area contributed by atoms with Gasteiger partial charge in [-0.3, -0.25) is 0 Å². The van der Waals surface area contributed by atoms with Gasteiger partial charge in [0.05, 0.1) is 0 Å². The zero-order valence-electron chi connectivity index (χ0n) is 13.4. The van der Waals surface area contributed by atoms with Crippen LogP contribution in [0, 0.1) is 5.92 Å². The van der Waals surface area contributed by atoms with Crippen LogP contribution in [0.2, 0.25) is 13.1 Å². The average Bonchev–Trinajstić information content (AvgIpc) is 2.52. The van der Waals surface area contributed by atoms with E-state index in [1.165, 1.54) is 9.05 Å². The Morgan fingerprint density at radius 2 is 1.72 bits per heavy atom. The maximum atomic E-state index is 2.50. The van der Waals surface area contributed by atoms with Gasteiger partial charge in [-0.15, -0.1) is 0 Å². The van der Waals surface area contributed by atoms with E-state index in [4.69, 9.17) is 0 Å². The molecule has 0 heterocycles. The Balaban J connectivity index is 3.35. The minimum absolute atomic E-state index is 0.638. The summed E-state index contributed by atoms with van der Waals surface area (Å²) in [5.74, 6) is 0.638. The zero-order chi connectivity index (χ0) is 14.2. The van der Waals surface area contributed by atoms with Crippen molar-refractivity contribution >= 4 is 8.96 Å². The monoisotopic (exact) mass is 299 g/mol. The van der Waals surface area contributed by atoms with Crippen LogP contribution in [0.4, 0.5) is 0 Å². The van der Waals surface area contributed by atoms with E-state index >= 15 is 0 Å². The van der Waals surface area contributed by atoms with E-state index in [1.807, 2.05) is 0 Å². The van der Waals surface area contributed by atoms with Gasteiger partial charge in [0.15, 0.2) is 0 Å². The third-order valence-electron chi connectivity index (χ3n) is 5.10. The molecule has 0 spiro atoms. The van der Waals surface area contributed by atoms with Crippen LogP contribution in [0.15, 0.2) is 22.4 Å². The van der Waals surface area contributed by atoms with Crippen LogP contribution >= 0.6 is 0 Å². The zero-order valence-corrected chi connectivity index (χ0v) is 16.1. The second-order valence-corrected chi connectivity index (χ2v) is 11.1. The van der Waals surface area contributed by atoms with E-state index in [1.54, 1.807) is 22.4 Å². The average molecular weight is 299 g/mol. The predicted octanol–water partition coefficient (Wildman–Crippen LogP) is 4.31. The number of allylic oxidation sites excluding steroid dienone is 3. The molecule has 3 heteroatoms. The van der Waals surface area contributed by atoms with Crippen molar-refractivity contribution in [3.63, 3.8) is 0 Å². The first-order valence-corrected chi connectivity index (χ1v) is 10.7. The van der Waals surface area contributed by atoms with Crippen molar-refractivity contribution in [1.82, 2.24) is 0 Å². The molecule has 0 saturated carbocycles. The molecule has 0 saturated heterocycles. The molecule has 0 radical (unpaired) electrons. The first kappa shape index (κ1) is 16.4. The molecule has 1 aliphatic rings. The molecule has 0 N–H and O–H groups in total. The molecule has 3 atom stereocenters. The summed E-state index contributed by atoms with van der Waals surface area (Å²) in [4.78, 5) is 0. The van der Waals surface area contributed by atoms with Crippen molar-refractivity contribution in [3.8, 4) is 0 Å². The van der Waals surface area contributed by atoms with Gasteiger partial charge in [-0.2, -0.15) is 0 Å². The fourth-order valence-electron chi connectivity index (χ4n) is 3.25. The van der Waals surface area contributed by atoms with E-state index < -0.39 is 8.96 Å². The fraction of sp³-hybridized carbons (Fsp3) is 0.733. The molecule has 0 amide bonds. The third-order valence-corrected chi connectivity index (χ3v) is 11.0. The van der Waals surface area contributed by atoms with E-state index in [-0.39, 0.29) is 0 Å². The molecule has 0 aromatic heterocycles. The predicted molar refractivity (Wildman–Crippen MR) is 79.1 cm³/mol. The van der Waals surface area contributed by atoms with Crippen molar-refractivity contribution < 1.29 is 23.3 Å². The van der Waals surface area contributed by atoms with Crippen LogP contribution in [0.5, 0.6) is 0 Å². The summed E-state index contributed by atoms with van der Waals surface area (Å²) in [6.07, 6.45) is 1.27. The van der Waals surface area contributed by atoms with Gasteiger partial charge in [0.2, 0.25) is 0 Å². The molecule has 0 aromatic rings. The quantitative estimate of drug-likeness (QED) is 0.679. The number of quaternary nitrogens is 1. The van der Waals surface area contributed by atoms with Gasteiger partial charge < -0.3 is 0 Å². The summed E-state index contributed by atoms with van der Waals surface area (Å²) in [5, 5.41) is 0. The Bertz CT molecular complexity index is 397. The summed E-state index contributed by atoms with van der Waals surface area (Å²) < 4.78 is 1.23. The summed E-state index contributed by atoms with van der Waals surface area (Å²) >= 11 is 2.49. The first-order valence-electron chi connectivity index (χ1n) is 7.22. The maximum absolute atomic E-state index is 2.50. The molecule has 1 aliphatic carbocycles. The molecule has 101 valence electrons. The summed E-state index contributed by atoms with van der Waals surface area (Å²) in [7, 11) is -0.808. The van der Waals surface area contributed by atoms with E-state index in [0.717, 1.165) is 6.04 Å². The van der Waals surface area contributed by atoms with Gasteiger partial charge in [0.1, 0.15) is 0 Å². The van der Waals surface area contributed by atoms with Gasteiger partial charge in [-0.05, 0) is 0 Å². The van der Waals surface area contributed by atoms with Gasteiger partial charge in [-0.25, -0.2) is 0 Å². The second-order valence-electron chi connectivity index (χ2n) is 6.17. The van der Waals surface area contributed by atoms with Crippen LogP contribution in [0.25, 0.3) is 0 Å². The standard InChI is InChI=1S/C15H29NSi.Ti/c1-9-10(2)16(17(7)8)15-13(5)11(3)12(4)14(15)6;/h10,13,17H,9H2,1-8H3;/q;+1. The fourth-order valence-corrected chi connectivity index (χ4v) is 6.30. The van der Waals surface area contributed by atoms with Crippen molar-refractivity contribution in [2.24, 2.45) is 5.92 Å². The Morgan fingerprint density at radius 1 is 1.22 bits per heavy atom. The van der Waals surface area contributed by atoms with Crippen molar-refractivity contribution in [2.75, 3.05) is 0 Å². The van der Waals surface area contributed by atoms with Crippen molar-refractivity contribution in [1.29, 1.82) is 0 Å². The molecule has 0 fully saturated rings. The molecule has 3 unspecified atom stereocenters. The second kappa shape index (κ2) is 5.78. The number of hydrogen-bond donors (Lipinski definition) is 0. The van der Waals surface area contributed by atoms with E-state index in [2.05, 4.69) is 75.3 Å². The van der Waals surface area contributed by atoms with Gasteiger partial charge in [0.25, 0.3) is 0 Å². The molecule has 18 heavy (non-hydrogen) atoms. The SMILES string of the molecule is CCC(C)[N+]([Ti])(C1=C(C)C(C)=C(C)C1C)[SiH](C)C. The molecule has 0 aliphatic heterocycles. The van der Waals surface area contributed by atoms with E-state index in [0.29, 0.717) is 5.92 Å². The Morgan fingerprint density at radius 3 is 2.00 bits per heavy atom. The Labute approximate surface area is 127 Å². The first-order chi connectivity index (χ1) is 8.19. The molecule has 0 aromatic carbocycles. The van der Waals surface area contributed by atoms with Crippen LogP contribution < -0.4 is 0 Å². The molecule has 1 nitrogen and oxygen atoms in total. The Kier molecular flexibility index (Phi) is 5.28. The van der Waals surface area contributed by atoms with Crippen LogP contribution in [-0.4, -0.2) is 17.6 Å². The van der Waals surface area contributed by atoms with Crippen LogP contribution in [0.1, 0.15) is 48.0 Å². The molecular weight excluding hydrogens is 270 g/mol. The van der Waals surface area contributed by atoms with E-state index in [9.17, 15) is 0 Å². The normalized spacial score (nSPS) is 25.9. The van der Waals surface area contributed by atoms with Crippen LogP contribution in [0.3, 0.4) is 0 Å².